The Hall–Kier alpha value is -3.32. The van der Waals surface area contributed by atoms with Gasteiger partial charge in [0.1, 0.15) is 11.4 Å². The molecular weight excluding hydrogens is 436 g/mol. The minimum atomic E-state index is 0.410. The largest absolute Gasteiger partial charge is 0.496 e. The van der Waals surface area contributed by atoms with Crippen LogP contribution in [0.2, 0.25) is 0 Å². The Balaban J connectivity index is 1.25. The summed E-state index contributed by atoms with van der Waals surface area (Å²) in [6.45, 7) is 15.1. The molecule has 35 heavy (non-hydrogen) atoms. The normalized spacial score (nSPS) is 20.6. The number of ether oxygens (including phenoxy) is 1. The van der Waals surface area contributed by atoms with Crippen LogP contribution in [0, 0.1) is 12.8 Å². The Morgan fingerprint density at radius 1 is 1.09 bits per heavy atom. The molecule has 1 saturated heterocycles. The van der Waals surface area contributed by atoms with Crippen molar-refractivity contribution in [3.63, 3.8) is 0 Å². The topological polar surface area (TPSA) is 66.7 Å². The number of nitrogens with one attached hydrogen (secondary N) is 2. The molecule has 0 spiro atoms. The third-order valence-corrected chi connectivity index (χ3v) is 7.47. The van der Waals surface area contributed by atoms with Gasteiger partial charge in [-0.3, -0.25) is 0 Å². The fourth-order valence-corrected chi connectivity index (χ4v) is 5.34. The summed E-state index contributed by atoms with van der Waals surface area (Å²) in [4.78, 5) is 7.00. The Kier molecular flexibility index (Phi) is 6.77. The van der Waals surface area contributed by atoms with Crippen molar-refractivity contribution in [3.05, 3.63) is 66.6 Å². The van der Waals surface area contributed by atoms with Gasteiger partial charge in [-0.1, -0.05) is 25.3 Å². The molecule has 184 valence electrons. The summed E-state index contributed by atoms with van der Waals surface area (Å²) >= 11 is 0. The van der Waals surface area contributed by atoms with E-state index in [9.17, 15) is 0 Å². The molecule has 1 aliphatic carbocycles. The molecule has 0 unspecified atom stereocenters. The monoisotopic (exact) mass is 472 g/mol. The van der Waals surface area contributed by atoms with E-state index in [1.165, 1.54) is 18.5 Å². The molecule has 1 aromatic carbocycles. The second-order valence-electron chi connectivity index (χ2n) is 9.71. The van der Waals surface area contributed by atoms with E-state index in [0.29, 0.717) is 12.0 Å². The van der Waals surface area contributed by atoms with E-state index in [-0.39, 0.29) is 0 Å². The molecule has 0 atom stereocenters. The van der Waals surface area contributed by atoms with E-state index < -0.39 is 0 Å². The molecule has 0 bridgehead atoms. The maximum atomic E-state index is 5.52. The molecule has 3 aromatic rings. The van der Waals surface area contributed by atoms with Gasteiger partial charge in [-0.25, -0.2) is 9.50 Å². The molecule has 0 amide bonds. The molecule has 0 radical (unpaired) electrons. The smallest absolute Gasteiger partial charge is 0.156 e. The van der Waals surface area contributed by atoms with Gasteiger partial charge in [0.25, 0.3) is 0 Å². The van der Waals surface area contributed by atoms with Crippen molar-refractivity contribution in [1.29, 1.82) is 0 Å². The highest BCUT2D eigenvalue weighted by Crippen LogP contribution is 2.32. The second kappa shape index (κ2) is 10.1. The van der Waals surface area contributed by atoms with Crippen molar-refractivity contribution in [1.82, 2.24) is 30.1 Å². The number of nitrogens with zero attached hydrogens (tertiary/aromatic N) is 4. The summed E-state index contributed by atoms with van der Waals surface area (Å²) in [5, 5.41) is 11.9. The first-order valence-corrected chi connectivity index (χ1v) is 12.6. The maximum absolute atomic E-state index is 5.52. The highest BCUT2D eigenvalue weighted by Gasteiger charge is 2.26. The van der Waals surface area contributed by atoms with Crippen LogP contribution in [0.3, 0.4) is 0 Å². The number of aromatic nitrogens is 3. The van der Waals surface area contributed by atoms with Gasteiger partial charge in [0.2, 0.25) is 0 Å². The van der Waals surface area contributed by atoms with Crippen LogP contribution in [0.15, 0.2) is 55.4 Å². The van der Waals surface area contributed by atoms with Gasteiger partial charge in [-0.2, -0.15) is 5.10 Å². The Morgan fingerprint density at radius 2 is 1.86 bits per heavy atom. The van der Waals surface area contributed by atoms with E-state index in [1.807, 2.05) is 35.8 Å². The molecule has 7 heteroatoms. The van der Waals surface area contributed by atoms with Gasteiger partial charge >= 0.3 is 0 Å². The average molecular weight is 473 g/mol. The van der Waals surface area contributed by atoms with Crippen molar-refractivity contribution in [2.45, 2.75) is 38.6 Å². The predicted octanol–water partition coefficient (Wildman–Crippen LogP) is 4.25. The first kappa shape index (κ1) is 23.4. The number of methoxy groups -OCH3 is 1. The summed E-state index contributed by atoms with van der Waals surface area (Å²) in [5.41, 5.74) is 6.93. The van der Waals surface area contributed by atoms with Crippen LogP contribution in [0.5, 0.6) is 5.75 Å². The average Bonchev–Trinajstić information content (AvgIpc) is 3.34. The summed E-state index contributed by atoms with van der Waals surface area (Å²) in [6.07, 6.45) is 6.40. The number of benzene rings is 1. The highest BCUT2D eigenvalue weighted by atomic mass is 16.5. The molecule has 2 N–H and O–H groups in total. The molecule has 2 aromatic heterocycles. The number of aryl methyl sites for hydroxylation is 1. The lowest BCUT2D eigenvalue weighted by Gasteiger charge is -2.38. The third-order valence-electron chi connectivity index (χ3n) is 7.47. The summed E-state index contributed by atoms with van der Waals surface area (Å²) in [7, 11) is 1.70. The van der Waals surface area contributed by atoms with Crippen LogP contribution >= 0.6 is 0 Å². The van der Waals surface area contributed by atoms with Crippen LogP contribution in [0.25, 0.3) is 22.6 Å². The minimum Gasteiger partial charge on any atom is -0.496 e. The van der Waals surface area contributed by atoms with Crippen molar-refractivity contribution in [2.75, 3.05) is 33.3 Å². The summed E-state index contributed by atoms with van der Waals surface area (Å²) < 4.78 is 7.41. The Morgan fingerprint density at radius 3 is 2.60 bits per heavy atom. The minimum absolute atomic E-state index is 0.410. The zero-order chi connectivity index (χ0) is 24.4. The van der Waals surface area contributed by atoms with Gasteiger partial charge in [-0.15, -0.1) is 0 Å². The predicted molar refractivity (Wildman–Crippen MR) is 141 cm³/mol. The lowest BCUT2D eigenvalue weighted by molar-refractivity contribution is 0.234. The van der Waals surface area contributed by atoms with Gasteiger partial charge in [0, 0.05) is 55.7 Å². The fourth-order valence-electron chi connectivity index (χ4n) is 5.34. The van der Waals surface area contributed by atoms with Crippen LogP contribution in [0.1, 0.15) is 36.9 Å². The van der Waals surface area contributed by atoms with E-state index in [1.54, 1.807) is 7.11 Å². The van der Waals surface area contributed by atoms with Gasteiger partial charge in [0.05, 0.1) is 18.5 Å². The highest BCUT2D eigenvalue weighted by molar-refractivity contribution is 5.68. The van der Waals surface area contributed by atoms with Gasteiger partial charge < -0.3 is 20.3 Å². The lowest BCUT2D eigenvalue weighted by Crippen LogP contribution is -2.44. The molecule has 1 saturated carbocycles. The molecule has 1 aliphatic heterocycles. The molecule has 7 nitrogen and oxygen atoms in total. The number of hydrogen-bond acceptors (Lipinski definition) is 6. The summed E-state index contributed by atoms with van der Waals surface area (Å²) in [5.74, 6) is 1.45. The Bertz CT molecular complexity index is 1220. The fraction of sp³-hybridized carbons (Fsp3) is 0.429. The first-order chi connectivity index (χ1) is 17.0. The van der Waals surface area contributed by atoms with Crippen LogP contribution in [0.4, 0.5) is 0 Å². The van der Waals surface area contributed by atoms with Crippen molar-refractivity contribution >= 4 is 11.3 Å². The molecule has 5 rings (SSSR count). The lowest BCUT2D eigenvalue weighted by atomic mass is 9.83. The van der Waals surface area contributed by atoms with E-state index in [2.05, 4.69) is 45.8 Å². The molecule has 2 fully saturated rings. The second-order valence-corrected chi connectivity index (χ2v) is 9.71. The number of hydrogen-bond donors (Lipinski definition) is 2. The van der Waals surface area contributed by atoms with Gasteiger partial charge in [-0.05, 0) is 56.2 Å². The van der Waals surface area contributed by atoms with E-state index in [4.69, 9.17) is 9.84 Å². The van der Waals surface area contributed by atoms with E-state index in [0.717, 1.165) is 78.6 Å². The van der Waals surface area contributed by atoms with Crippen molar-refractivity contribution < 1.29 is 4.74 Å². The molecular formula is C28H36N6O. The first-order valence-electron chi connectivity index (χ1n) is 12.6. The number of piperazine rings is 1. The van der Waals surface area contributed by atoms with Crippen molar-refractivity contribution in [3.8, 4) is 17.0 Å². The quantitative estimate of drug-likeness (QED) is 0.536. The van der Waals surface area contributed by atoms with Crippen LogP contribution in [-0.2, 0) is 0 Å². The number of rotatable bonds is 7. The Labute approximate surface area is 207 Å². The standard InChI is InChI=1S/C28H36N6O/c1-19-5-6-23(17-27(19)35-4)26-11-12-30-28-18-25(32-34(26)28)20(2)31-24-9-7-22(8-10-24)21(3)33-15-13-29-14-16-33/h5-6,11-12,17-18,22,24,29,31H,2-3,7-10,13-16H2,1,4H3/t22-,24-. The molecule has 3 heterocycles. The maximum Gasteiger partial charge on any atom is 0.156 e. The molecule has 2 aliphatic rings. The number of fused-ring (bicyclic) bond motifs is 1. The van der Waals surface area contributed by atoms with Crippen LogP contribution in [-0.4, -0.2) is 58.8 Å². The van der Waals surface area contributed by atoms with Crippen LogP contribution < -0.4 is 15.4 Å². The van der Waals surface area contributed by atoms with Crippen molar-refractivity contribution in [2.24, 2.45) is 5.92 Å². The number of allylic oxidation sites excluding steroid dienone is 1. The zero-order valence-electron chi connectivity index (χ0n) is 20.9. The van der Waals surface area contributed by atoms with Gasteiger partial charge in [0.15, 0.2) is 5.65 Å². The zero-order valence-corrected chi connectivity index (χ0v) is 20.9. The third kappa shape index (κ3) is 4.91. The summed E-state index contributed by atoms with van der Waals surface area (Å²) in [6, 6.07) is 10.6. The van der Waals surface area contributed by atoms with E-state index >= 15 is 0 Å². The SMILES string of the molecule is C=C(N[C@H]1CC[C@H](C(=C)N2CCNCC2)CC1)c1cc2nccc(-c3ccc(C)c(OC)c3)n2n1.